The summed E-state index contributed by atoms with van der Waals surface area (Å²) < 4.78 is 0. The molecule has 1 saturated heterocycles. The summed E-state index contributed by atoms with van der Waals surface area (Å²) in [5.74, 6) is 0.232. The number of amides is 3. The molecule has 2 aliphatic carbocycles. The van der Waals surface area contributed by atoms with Gasteiger partial charge >= 0.3 is 6.03 Å². The van der Waals surface area contributed by atoms with Crippen LogP contribution < -0.4 is 0 Å². The van der Waals surface area contributed by atoms with Gasteiger partial charge in [-0.2, -0.15) is 0 Å². The number of hydrogen-bond acceptors (Lipinski definition) is 3. The molecule has 1 heterocycles. The third-order valence-electron chi connectivity index (χ3n) is 4.59. The van der Waals surface area contributed by atoms with Gasteiger partial charge in [0.1, 0.15) is 11.3 Å². The molecule has 3 amide bonds. The molecule has 3 aliphatic rings. The van der Waals surface area contributed by atoms with Crippen LogP contribution in [0.5, 0.6) is 0 Å². The first kappa shape index (κ1) is 9.81. The first-order valence-corrected chi connectivity index (χ1v) is 5.51. The Morgan fingerprint density at radius 3 is 2.25 bits per heavy atom. The van der Waals surface area contributed by atoms with Gasteiger partial charge in [-0.25, -0.2) is 4.79 Å². The summed E-state index contributed by atoms with van der Waals surface area (Å²) in [6, 6.07) is -0.294. The van der Waals surface area contributed by atoms with Crippen LogP contribution in [0.2, 0.25) is 0 Å². The lowest BCUT2D eigenvalue weighted by atomic mass is 9.89. The summed E-state index contributed by atoms with van der Waals surface area (Å²) >= 11 is 0. The number of nitrogens with zero attached hydrogens (tertiary/aromatic N) is 2. The van der Waals surface area contributed by atoms with Crippen molar-refractivity contribution in [1.29, 1.82) is 0 Å². The van der Waals surface area contributed by atoms with Crippen LogP contribution in [0, 0.1) is 17.8 Å². The van der Waals surface area contributed by atoms with Crippen molar-refractivity contribution < 1.29 is 14.4 Å². The van der Waals surface area contributed by atoms with E-state index in [-0.39, 0.29) is 41.9 Å². The Bertz CT molecular complexity index is 433. The SMILES string of the molecule is CC1C2C(=O)CC3(C(=O)N(C)C(=O)N3C)C12. The maximum Gasteiger partial charge on any atom is 0.327 e. The monoisotopic (exact) mass is 222 g/mol. The number of rotatable bonds is 0. The van der Waals surface area contributed by atoms with Gasteiger partial charge in [0.15, 0.2) is 0 Å². The highest BCUT2D eigenvalue weighted by Crippen LogP contribution is 2.63. The minimum absolute atomic E-state index is 0.00528. The fourth-order valence-electron chi connectivity index (χ4n) is 3.67. The molecule has 3 fully saturated rings. The van der Waals surface area contributed by atoms with Gasteiger partial charge in [0, 0.05) is 32.4 Å². The lowest BCUT2D eigenvalue weighted by molar-refractivity contribution is -0.135. The Morgan fingerprint density at radius 2 is 1.88 bits per heavy atom. The largest absolute Gasteiger partial charge is 0.327 e. The Balaban J connectivity index is 2.10. The molecule has 0 aromatic carbocycles. The highest BCUT2D eigenvalue weighted by Gasteiger charge is 2.75. The zero-order valence-corrected chi connectivity index (χ0v) is 9.56. The highest BCUT2D eigenvalue weighted by atomic mass is 16.2. The molecule has 0 aromatic rings. The van der Waals surface area contributed by atoms with E-state index in [0.29, 0.717) is 0 Å². The quantitative estimate of drug-likeness (QED) is 0.546. The van der Waals surface area contributed by atoms with Gasteiger partial charge in [-0.1, -0.05) is 6.92 Å². The second-order valence-electron chi connectivity index (χ2n) is 5.18. The molecular weight excluding hydrogens is 208 g/mol. The Kier molecular flexibility index (Phi) is 1.51. The van der Waals surface area contributed by atoms with Gasteiger partial charge in [-0.05, 0) is 5.92 Å². The van der Waals surface area contributed by atoms with Crippen LogP contribution in [-0.4, -0.2) is 47.2 Å². The predicted octanol–water partition coefficient (Wildman–Crippen LogP) is 0.104. The van der Waals surface area contributed by atoms with Gasteiger partial charge in [0.2, 0.25) is 0 Å². The number of fused-ring (bicyclic) bond motifs is 2. The van der Waals surface area contributed by atoms with Crippen LogP contribution in [0.15, 0.2) is 0 Å². The van der Waals surface area contributed by atoms with Crippen LogP contribution in [-0.2, 0) is 9.59 Å². The molecule has 0 radical (unpaired) electrons. The van der Waals surface area contributed by atoms with E-state index in [1.165, 1.54) is 11.9 Å². The fourth-order valence-corrected chi connectivity index (χ4v) is 3.67. The van der Waals surface area contributed by atoms with Crippen LogP contribution in [0.1, 0.15) is 13.3 Å². The van der Waals surface area contributed by atoms with Gasteiger partial charge in [-0.3, -0.25) is 14.5 Å². The molecule has 0 bridgehead atoms. The lowest BCUT2D eigenvalue weighted by Gasteiger charge is -2.29. The van der Waals surface area contributed by atoms with Crippen molar-refractivity contribution in [2.24, 2.45) is 17.8 Å². The molecule has 3 rings (SSSR count). The van der Waals surface area contributed by atoms with Gasteiger partial charge in [0.25, 0.3) is 5.91 Å². The fraction of sp³-hybridized carbons (Fsp3) is 0.727. The minimum atomic E-state index is -0.854. The zero-order chi connectivity index (χ0) is 11.8. The van der Waals surface area contributed by atoms with E-state index in [1.54, 1.807) is 7.05 Å². The molecule has 0 aromatic heterocycles. The van der Waals surface area contributed by atoms with E-state index in [2.05, 4.69) is 0 Å². The first-order valence-electron chi connectivity index (χ1n) is 5.51. The van der Waals surface area contributed by atoms with Crippen molar-refractivity contribution in [3.05, 3.63) is 0 Å². The number of carbonyl (C=O) groups excluding carboxylic acids is 3. The summed E-state index contributed by atoms with van der Waals surface area (Å²) in [7, 11) is 3.12. The standard InChI is InChI=1S/C11H14N2O3/c1-5-7-6(14)4-11(8(5)7)9(15)12(2)10(16)13(11)3/h5,7-8H,4H2,1-3H3. The zero-order valence-electron chi connectivity index (χ0n) is 9.56. The van der Waals surface area contributed by atoms with Crippen LogP contribution >= 0.6 is 0 Å². The Morgan fingerprint density at radius 1 is 1.25 bits per heavy atom. The molecule has 86 valence electrons. The lowest BCUT2D eigenvalue weighted by Crippen LogP contribution is -2.49. The van der Waals surface area contributed by atoms with E-state index in [0.717, 1.165) is 4.90 Å². The molecule has 2 saturated carbocycles. The summed E-state index contributed by atoms with van der Waals surface area (Å²) in [5, 5.41) is 0. The normalized spacial score (nSPS) is 45.9. The van der Waals surface area contributed by atoms with E-state index in [4.69, 9.17) is 0 Å². The first-order chi connectivity index (χ1) is 7.43. The maximum atomic E-state index is 12.2. The molecule has 1 aliphatic heterocycles. The smallest absolute Gasteiger partial charge is 0.312 e. The van der Waals surface area contributed by atoms with Crippen molar-refractivity contribution in [2.75, 3.05) is 14.1 Å². The van der Waals surface area contributed by atoms with Crippen molar-refractivity contribution in [1.82, 2.24) is 9.80 Å². The van der Waals surface area contributed by atoms with Gasteiger partial charge < -0.3 is 4.90 Å². The third kappa shape index (κ3) is 0.750. The van der Waals surface area contributed by atoms with Gasteiger partial charge in [-0.15, -0.1) is 0 Å². The topological polar surface area (TPSA) is 57.7 Å². The molecule has 4 atom stereocenters. The number of Topliss-reactive ketones (excluding diaryl/α,β-unsaturated/α-hetero) is 1. The van der Waals surface area contributed by atoms with Gasteiger partial charge in [0.05, 0.1) is 0 Å². The summed E-state index contributed by atoms with van der Waals surface area (Å²) in [5.41, 5.74) is -0.854. The molecule has 1 spiro atoms. The molecule has 5 nitrogen and oxygen atoms in total. The van der Waals surface area contributed by atoms with Crippen molar-refractivity contribution >= 4 is 17.7 Å². The number of likely N-dealkylation sites (N-methyl/N-ethyl adjacent to an activating group) is 2. The Hall–Kier alpha value is -1.39. The molecular formula is C11H14N2O3. The number of ketones is 1. The second-order valence-corrected chi connectivity index (χ2v) is 5.18. The predicted molar refractivity (Wildman–Crippen MR) is 54.4 cm³/mol. The number of imide groups is 1. The molecule has 5 heteroatoms. The van der Waals surface area contributed by atoms with Crippen LogP contribution in [0.4, 0.5) is 4.79 Å². The summed E-state index contributed by atoms with van der Waals surface area (Å²) in [6.07, 6.45) is 0.206. The number of carbonyl (C=O) groups is 3. The van der Waals surface area contributed by atoms with E-state index < -0.39 is 5.54 Å². The Labute approximate surface area is 93.4 Å². The van der Waals surface area contributed by atoms with Crippen molar-refractivity contribution in [3.8, 4) is 0 Å². The number of urea groups is 1. The number of hydrogen-bond donors (Lipinski definition) is 0. The summed E-state index contributed by atoms with van der Waals surface area (Å²) in [4.78, 5) is 38.4. The van der Waals surface area contributed by atoms with Crippen LogP contribution in [0.25, 0.3) is 0 Å². The third-order valence-corrected chi connectivity index (χ3v) is 4.59. The summed E-state index contributed by atoms with van der Waals surface area (Å²) in [6.45, 7) is 1.98. The van der Waals surface area contributed by atoms with Crippen molar-refractivity contribution in [3.63, 3.8) is 0 Å². The molecule has 0 N–H and O–H groups in total. The average molecular weight is 222 g/mol. The van der Waals surface area contributed by atoms with E-state index in [9.17, 15) is 14.4 Å². The second kappa shape index (κ2) is 2.47. The van der Waals surface area contributed by atoms with E-state index >= 15 is 0 Å². The maximum absolute atomic E-state index is 12.2. The van der Waals surface area contributed by atoms with E-state index in [1.807, 2.05) is 6.92 Å². The average Bonchev–Trinajstić information content (AvgIpc) is 2.77. The highest BCUT2D eigenvalue weighted by molar-refractivity contribution is 6.12. The van der Waals surface area contributed by atoms with Crippen molar-refractivity contribution in [2.45, 2.75) is 18.9 Å². The minimum Gasteiger partial charge on any atom is -0.312 e. The molecule has 4 unspecified atom stereocenters. The molecule has 16 heavy (non-hydrogen) atoms. The van der Waals surface area contributed by atoms with Crippen LogP contribution in [0.3, 0.4) is 0 Å².